The third-order valence-corrected chi connectivity index (χ3v) is 3.54. The van der Waals surface area contributed by atoms with Crippen molar-refractivity contribution in [2.24, 2.45) is 0 Å². The fourth-order valence-electron chi connectivity index (χ4n) is 1.35. The highest BCUT2D eigenvalue weighted by atomic mass is 127. The van der Waals surface area contributed by atoms with Gasteiger partial charge >= 0.3 is 11.9 Å². The Bertz CT molecular complexity index is 480. The molecule has 2 nitrogen and oxygen atoms in total. The average Bonchev–Trinajstić information content (AvgIpc) is 2.25. The van der Waals surface area contributed by atoms with Gasteiger partial charge in [0.25, 0.3) is 0 Å². The Hall–Kier alpha value is -0.0175. The predicted molar refractivity (Wildman–Crippen MR) is 72.0 cm³/mol. The largest absolute Gasteiger partial charge is 0.508 e. The van der Waals surface area contributed by atoms with Gasteiger partial charge in [-0.15, -0.1) is 0 Å². The van der Waals surface area contributed by atoms with Gasteiger partial charge in [-0.05, 0) is 24.3 Å². The average molecular weight is 347 g/mol. The zero-order chi connectivity index (χ0) is 10.7. The minimum absolute atomic E-state index is 0.325. The molecule has 2 rings (SSSR count). The van der Waals surface area contributed by atoms with Crippen LogP contribution < -0.4 is 4.74 Å². The molecule has 5 heteroatoms. The van der Waals surface area contributed by atoms with Crippen LogP contribution in [-0.4, -0.2) is 22.4 Å². The van der Waals surface area contributed by atoms with Crippen molar-refractivity contribution in [3.05, 3.63) is 35.5 Å². The predicted octanol–water partition coefficient (Wildman–Crippen LogP) is 3.28. The van der Waals surface area contributed by atoms with Crippen molar-refractivity contribution in [3.8, 4) is 5.75 Å². The molecule has 1 heterocycles. The van der Waals surface area contributed by atoms with Gasteiger partial charge in [0.1, 0.15) is 10.9 Å². The highest BCUT2D eigenvalue weighted by Gasteiger charge is 2.03. The molecule has 0 aliphatic carbocycles. The number of rotatable bonds is 3. The summed E-state index contributed by atoms with van der Waals surface area (Å²) in [6.07, 6.45) is 0. The second-order valence-electron chi connectivity index (χ2n) is 2.92. The molecule has 0 bridgehead atoms. The summed E-state index contributed by atoms with van der Waals surface area (Å²) in [5.74, 6) is 0.890. The zero-order valence-electron chi connectivity index (χ0n) is 7.78. The molecule has 0 spiro atoms. The number of ether oxygens (including phenoxy) is 1. The SMILES string of the molecule is Clc1ccc2c(O[CH2][Al][I])cccc2n1. The van der Waals surface area contributed by atoms with E-state index in [1.807, 2.05) is 24.3 Å². The van der Waals surface area contributed by atoms with Crippen molar-refractivity contribution < 1.29 is 4.74 Å². The van der Waals surface area contributed by atoms with Crippen LogP contribution in [-0.2, 0) is 0 Å². The number of hydrogen-bond acceptors (Lipinski definition) is 2. The summed E-state index contributed by atoms with van der Waals surface area (Å²) >= 11 is 8.52. The minimum atomic E-state index is 0.325. The third kappa shape index (κ3) is 2.76. The van der Waals surface area contributed by atoms with Gasteiger partial charge in [0, 0.05) is 10.9 Å². The first-order chi connectivity index (χ1) is 7.31. The maximum absolute atomic E-state index is 5.83. The van der Waals surface area contributed by atoms with Gasteiger partial charge in [0.15, 0.2) is 0 Å². The van der Waals surface area contributed by atoms with Crippen LogP contribution >= 0.6 is 31.9 Å². The molecule has 1 radical (unpaired) electrons. The first-order valence-electron chi connectivity index (χ1n) is 4.41. The molecule has 0 atom stereocenters. The second kappa shape index (κ2) is 5.35. The topological polar surface area (TPSA) is 22.1 Å². The Labute approximate surface area is 110 Å². The Morgan fingerprint density at radius 1 is 1.33 bits per heavy atom. The van der Waals surface area contributed by atoms with Crippen LogP contribution in [0.5, 0.6) is 5.75 Å². The lowest BCUT2D eigenvalue weighted by Crippen LogP contribution is -2.00. The molecule has 0 aliphatic heterocycles. The molecule has 0 aliphatic rings. The van der Waals surface area contributed by atoms with E-state index in [9.17, 15) is 0 Å². The fourth-order valence-corrected chi connectivity index (χ4v) is 2.28. The van der Waals surface area contributed by atoms with Gasteiger partial charge < -0.3 is 4.74 Å². The van der Waals surface area contributed by atoms with E-state index < -0.39 is 0 Å². The number of hydrogen-bond donors (Lipinski definition) is 0. The van der Waals surface area contributed by atoms with Crippen molar-refractivity contribution in [1.82, 2.24) is 4.98 Å². The number of benzene rings is 1. The molecule has 1 aromatic heterocycles. The second-order valence-corrected chi connectivity index (χ2v) is 6.59. The number of fused-ring (bicyclic) bond motifs is 1. The lowest BCUT2D eigenvalue weighted by Gasteiger charge is -2.07. The van der Waals surface area contributed by atoms with E-state index in [1.54, 1.807) is 6.07 Å². The number of pyridine rings is 1. The number of nitrogens with zero attached hydrogens (tertiary/aromatic N) is 1. The summed E-state index contributed by atoms with van der Waals surface area (Å²) in [5, 5.41) is 1.53. The highest BCUT2D eigenvalue weighted by Crippen LogP contribution is 2.25. The Kier molecular flexibility index (Phi) is 4.09. The molecular formula is C10H7AlClINO. The van der Waals surface area contributed by atoms with Gasteiger partial charge in [0.2, 0.25) is 0 Å². The van der Waals surface area contributed by atoms with Crippen LogP contribution in [0.15, 0.2) is 30.3 Å². The molecule has 0 N–H and O–H groups in total. The Morgan fingerprint density at radius 3 is 3.00 bits per heavy atom. The van der Waals surface area contributed by atoms with E-state index in [2.05, 4.69) is 25.3 Å². The number of halogens is 2. The molecule has 15 heavy (non-hydrogen) atoms. The first-order valence-corrected chi connectivity index (χ1v) is 9.78. The molecule has 0 amide bonds. The quantitative estimate of drug-likeness (QED) is 0.483. The van der Waals surface area contributed by atoms with Gasteiger partial charge in [-0.2, -0.15) is 0 Å². The van der Waals surface area contributed by atoms with Crippen LogP contribution in [0.1, 0.15) is 0 Å². The van der Waals surface area contributed by atoms with Crippen molar-refractivity contribution in [3.63, 3.8) is 0 Å². The van der Waals surface area contributed by atoms with Gasteiger partial charge in [-0.3, -0.25) is 0 Å². The summed E-state index contributed by atoms with van der Waals surface area (Å²) in [6, 6.07) is 9.56. The Balaban J connectivity index is 2.46. The van der Waals surface area contributed by atoms with Gasteiger partial charge in [0.05, 0.1) is 5.52 Å². The smallest absolute Gasteiger partial charge is 0.369 e. The van der Waals surface area contributed by atoms with Crippen LogP contribution in [0.2, 0.25) is 5.15 Å². The first kappa shape index (κ1) is 11.5. The van der Waals surface area contributed by atoms with E-state index >= 15 is 0 Å². The molecular weight excluding hydrogens is 339 g/mol. The monoisotopic (exact) mass is 346 g/mol. The summed E-state index contributed by atoms with van der Waals surface area (Å²) in [7, 11) is 0. The van der Waals surface area contributed by atoms with E-state index in [-0.39, 0.29) is 0 Å². The van der Waals surface area contributed by atoms with Gasteiger partial charge in [-0.25, -0.2) is 25.3 Å². The summed E-state index contributed by atoms with van der Waals surface area (Å²) in [5.41, 5.74) is 1.67. The summed E-state index contributed by atoms with van der Waals surface area (Å²) < 4.78 is 5.65. The summed E-state index contributed by atoms with van der Waals surface area (Å²) in [4.78, 5) is 4.23. The van der Waals surface area contributed by atoms with Crippen LogP contribution in [0, 0.1) is 0 Å². The maximum Gasteiger partial charge on any atom is 0.369 e. The van der Waals surface area contributed by atoms with Crippen molar-refractivity contribution in [2.45, 2.75) is 0 Å². The molecule has 1 aromatic carbocycles. The standard InChI is InChI=1S/C10H7ClNO.Al.HI/c1-13-9-4-2-3-8-7(9)5-6-10(11)12-8;;/h2-6H,1H2;;1H/q;+1;/p-1. The Morgan fingerprint density at radius 2 is 2.20 bits per heavy atom. The lowest BCUT2D eigenvalue weighted by atomic mass is 10.2. The molecule has 0 saturated carbocycles. The van der Waals surface area contributed by atoms with E-state index in [0.717, 1.165) is 22.1 Å². The fraction of sp³-hybridized carbons (Fsp3) is 0.100. The van der Waals surface area contributed by atoms with Crippen LogP contribution in [0.25, 0.3) is 10.9 Å². The van der Waals surface area contributed by atoms with Crippen molar-refractivity contribution in [1.29, 1.82) is 0 Å². The zero-order valence-corrected chi connectivity index (χ0v) is 11.9. The maximum atomic E-state index is 5.83. The van der Waals surface area contributed by atoms with Crippen molar-refractivity contribution in [2.75, 3.05) is 5.47 Å². The molecule has 0 unspecified atom stereocenters. The molecule has 0 saturated heterocycles. The molecule has 0 fully saturated rings. The van der Waals surface area contributed by atoms with Crippen molar-refractivity contribution >= 4 is 54.7 Å². The van der Waals surface area contributed by atoms with Crippen LogP contribution in [0.3, 0.4) is 0 Å². The molecule has 2 aromatic rings. The third-order valence-electron chi connectivity index (χ3n) is 1.96. The van der Waals surface area contributed by atoms with E-state index in [4.69, 9.17) is 16.3 Å². The summed E-state index contributed by atoms with van der Waals surface area (Å²) in [6.45, 7) is 0. The molecule has 75 valence electrons. The van der Waals surface area contributed by atoms with E-state index in [0.29, 0.717) is 17.1 Å². The van der Waals surface area contributed by atoms with Crippen LogP contribution in [0.4, 0.5) is 0 Å². The minimum Gasteiger partial charge on any atom is -0.508 e. The van der Waals surface area contributed by atoms with E-state index in [1.165, 1.54) is 0 Å². The lowest BCUT2D eigenvalue weighted by molar-refractivity contribution is 0.392. The van der Waals surface area contributed by atoms with Gasteiger partial charge in [-0.1, -0.05) is 17.7 Å². The normalized spacial score (nSPS) is 10.3. The number of aromatic nitrogens is 1. The highest BCUT2D eigenvalue weighted by molar-refractivity contribution is 14.1.